The molecule has 1 aliphatic heterocycles. The van der Waals surface area contributed by atoms with E-state index in [0.717, 1.165) is 36.4 Å². The molecule has 0 bridgehead atoms. The van der Waals surface area contributed by atoms with Crippen LogP contribution < -0.4 is 5.32 Å². The van der Waals surface area contributed by atoms with Crippen LogP contribution in [-0.4, -0.2) is 35.7 Å². The van der Waals surface area contributed by atoms with E-state index in [0.29, 0.717) is 6.54 Å². The lowest BCUT2D eigenvalue weighted by molar-refractivity contribution is 0.208. The van der Waals surface area contributed by atoms with Crippen molar-refractivity contribution in [3.8, 4) is 11.8 Å². The van der Waals surface area contributed by atoms with Crippen LogP contribution in [0.4, 0.5) is 4.79 Å². The van der Waals surface area contributed by atoms with E-state index in [2.05, 4.69) is 17.2 Å². The Morgan fingerprint density at radius 2 is 2.28 bits per heavy atom. The summed E-state index contributed by atoms with van der Waals surface area (Å²) in [5, 5.41) is 13.4. The Morgan fingerprint density at radius 3 is 3.00 bits per heavy atom. The number of urea groups is 1. The normalized spacial score (nSPS) is 14.2. The highest BCUT2D eigenvalue weighted by Gasteiger charge is 2.17. The zero-order chi connectivity index (χ0) is 12.8. The van der Waals surface area contributed by atoms with Gasteiger partial charge in [0.25, 0.3) is 0 Å². The van der Waals surface area contributed by atoms with Gasteiger partial charge in [-0.1, -0.05) is 11.8 Å². The first kappa shape index (κ1) is 12.9. The summed E-state index contributed by atoms with van der Waals surface area (Å²) < 4.78 is 0. The molecule has 0 atom stereocenters. The fourth-order valence-electron chi connectivity index (χ4n) is 1.88. The minimum absolute atomic E-state index is 0.0175. The second-order valence-electron chi connectivity index (χ2n) is 4.11. The first-order valence-electron chi connectivity index (χ1n) is 5.99. The lowest BCUT2D eigenvalue weighted by Gasteiger charge is -2.15. The molecule has 5 heteroatoms. The largest absolute Gasteiger partial charge is 0.384 e. The minimum Gasteiger partial charge on any atom is -0.384 e. The van der Waals surface area contributed by atoms with Crippen molar-refractivity contribution in [2.45, 2.75) is 19.4 Å². The van der Waals surface area contributed by atoms with Crippen LogP contribution in [0, 0.1) is 11.8 Å². The molecule has 4 nitrogen and oxygen atoms in total. The van der Waals surface area contributed by atoms with Gasteiger partial charge in [0.1, 0.15) is 6.61 Å². The molecule has 0 aromatic carbocycles. The van der Waals surface area contributed by atoms with Crippen LogP contribution in [0.25, 0.3) is 0 Å². The van der Waals surface area contributed by atoms with Crippen molar-refractivity contribution in [3.05, 3.63) is 21.9 Å². The Balaban J connectivity index is 1.82. The molecule has 1 aliphatic rings. The van der Waals surface area contributed by atoms with Gasteiger partial charge >= 0.3 is 6.03 Å². The third kappa shape index (κ3) is 3.49. The van der Waals surface area contributed by atoms with E-state index in [1.165, 1.54) is 0 Å². The highest BCUT2D eigenvalue weighted by atomic mass is 32.1. The molecule has 1 aromatic heterocycles. The van der Waals surface area contributed by atoms with Crippen LogP contribution in [0.1, 0.15) is 23.3 Å². The Morgan fingerprint density at radius 1 is 1.50 bits per heavy atom. The van der Waals surface area contributed by atoms with Gasteiger partial charge < -0.3 is 15.3 Å². The lowest BCUT2D eigenvalue weighted by Crippen LogP contribution is -2.37. The van der Waals surface area contributed by atoms with Gasteiger partial charge in [-0.15, -0.1) is 11.3 Å². The molecule has 0 saturated carbocycles. The number of carbonyl (C=O) groups excluding carboxylic acids is 1. The predicted octanol–water partition coefficient (Wildman–Crippen LogP) is 1.40. The molecule has 1 fully saturated rings. The highest BCUT2D eigenvalue weighted by Crippen LogP contribution is 2.14. The van der Waals surface area contributed by atoms with Crippen LogP contribution in [0.5, 0.6) is 0 Å². The Labute approximate surface area is 111 Å². The fraction of sp³-hybridized carbons (Fsp3) is 0.462. The van der Waals surface area contributed by atoms with Crippen molar-refractivity contribution < 1.29 is 9.90 Å². The molecular weight excluding hydrogens is 248 g/mol. The number of nitrogens with one attached hydrogen (secondary N) is 1. The number of amides is 2. The quantitative estimate of drug-likeness (QED) is 0.793. The molecule has 2 rings (SSSR count). The summed E-state index contributed by atoms with van der Waals surface area (Å²) in [4.78, 5) is 14.7. The molecule has 0 spiro atoms. The molecular formula is C13H16N2O2S. The third-order valence-corrected chi connectivity index (χ3v) is 3.71. The number of hydrogen-bond donors (Lipinski definition) is 2. The molecule has 1 saturated heterocycles. The summed E-state index contributed by atoms with van der Waals surface area (Å²) in [6.07, 6.45) is 2.21. The minimum atomic E-state index is -0.128. The number of aliphatic hydroxyl groups excluding tert-OH is 1. The molecule has 18 heavy (non-hydrogen) atoms. The van der Waals surface area contributed by atoms with E-state index in [1.54, 1.807) is 11.3 Å². The first-order chi connectivity index (χ1) is 8.79. The molecule has 0 radical (unpaired) electrons. The van der Waals surface area contributed by atoms with Gasteiger partial charge in [-0.05, 0) is 18.9 Å². The predicted molar refractivity (Wildman–Crippen MR) is 71.3 cm³/mol. The van der Waals surface area contributed by atoms with E-state index in [-0.39, 0.29) is 12.6 Å². The standard InChI is InChI=1S/C13H16N2O2S/c16-7-3-4-11-8-12(18-10-11)9-14-13(17)15-5-1-2-6-15/h8,10,16H,1-2,5-7,9H2,(H,14,17). The van der Waals surface area contributed by atoms with Crippen LogP contribution in [0.15, 0.2) is 11.4 Å². The summed E-state index contributed by atoms with van der Waals surface area (Å²) in [5.41, 5.74) is 0.888. The van der Waals surface area contributed by atoms with Crippen LogP contribution >= 0.6 is 11.3 Å². The van der Waals surface area contributed by atoms with E-state index in [4.69, 9.17) is 5.11 Å². The molecule has 2 heterocycles. The second-order valence-corrected chi connectivity index (χ2v) is 5.11. The number of carbonyl (C=O) groups is 1. The van der Waals surface area contributed by atoms with E-state index in [9.17, 15) is 4.79 Å². The Hall–Kier alpha value is -1.51. The van der Waals surface area contributed by atoms with Crippen LogP contribution in [0.2, 0.25) is 0 Å². The third-order valence-electron chi connectivity index (χ3n) is 2.77. The maximum absolute atomic E-state index is 11.8. The Kier molecular flexibility index (Phi) is 4.62. The monoisotopic (exact) mass is 264 g/mol. The van der Waals surface area contributed by atoms with Crippen molar-refractivity contribution in [1.82, 2.24) is 10.2 Å². The number of nitrogens with zero attached hydrogens (tertiary/aromatic N) is 1. The first-order valence-corrected chi connectivity index (χ1v) is 6.87. The molecule has 2 amide bonds. The summed E-state index contributed by atoms with van der Waals surface area (Å²) in [6.45, 7) is 2.14. The SMILES string of the molecule is O=C(NCc1cc(C#CCO)cs1)N1CCCC1. The summed E-state index contributed by atoms with van der Waals surface area (Å²) in [7, 11) is 0. The van der Waals surface area contributed by atoms with Crippen molar-refractivity contribution in [3.63, 3.8) is 0 Å². The number of thiophene rings is 1. The van der Waals surface area contributed by atoms with Crippen molar-refractivity contribution in [2.24, 2.45) is 0 Å². The second kappa shape index (κ2) is 6.43. The summed E-state index contributed by atoms with van der Waals surface area (Å²) >= 11 is 1.57. The van der Waals surface area contributed by atoms with Gasteiger partial charge in [0, 0.05) is 28.9 Å². The van der Waals surface area contributed by atoms with Gasteiger partial charge in [0.15, 0.2) is 0 Å². The molecule has 2 N–H and O–H groups in total. The van der Waals surface area contributed by atoms with Crippen LogP contribution in [-0.2, 0) is 6.54 Å². The zero-order valence-corrected chi connectivity index (χ0v) is 10.9. The van der Waals surface area contributed by atoms with Crippen molar-refractivity contribution in [1.29, 1.82) is 0 Å². The zero-order valence-electron chi connectivity index (χ0n) is 10.1. The van der Waals surface area contributed by atoms with Gasteiger partial charge in [0.05, 0.1) is 6.54 Å². The molecule has 1 aromatic rings. The van der Waals surface area contributed by atoms with Crippen molar-refractivity contribution >= 4 is 17.4 Å². The summed E-state index contributed by atoms with van der Waals surface area (Å²) in [5.74, 6) is 5.45. The van der Waals surface area contributed by atoms with Gasteiger partial charge in [-0.3, -0.25) is 0 Å². The molecule has 0 unspecified atom stereocenters. The fourth-order valence-corrected chi connectivity index (χ4v) is 2.63. The lowest BCUT2D eigenvalue weighted by atomic mass is 10.3. The van der Waals surface area contributed by atoms with Gasteiger partial charge in [0.2, 0.25) is 0 Å². The average molecular weight is 264 g/mol. The number of likely N-dealkylation sites (tertiary alicyclic amines) is 1. The van der Waals surface area contributed by atoms with E-state index < -0.39 is 0 Å². The van der Waals surface area contributed by atoms with Crippen LogP contribution in [0.3, 0.4) is 0 Å². The maximum Gasteiger partial charge on any atom is 0.317 e. The van der Waals surface area contributed by atoms with E-state index >= 15 is 0 Å². The molecule has 0 aliphatic carbocycles. The number of hydrogen-bond acceptors (Lipinski definition) is 3. The summed E-state index contributed by atoms with van der Waals surface area (Å²) in [6, 6.07) is 1.96. The highest BCUT2D eigenvalue weighted by molar-refractivity contribution is 7.10. The Bertz CT molecular complexity index is 467. The maximum atomic E-state index is 11.8. The average Bonchev–Trinajstić information content (AvgIpc) is 3.04. The van der Waals surface area contributed by atoms with E-state index in [1.807, 2.05) is 16.3 Å². The van der Waals surface area contributed by atoms with Gasteiger partial charge in [-0.2, -0.15) is 0 Å². The smallest absolute Gasteiger partial charge is 0.317 e. The number of rotatable bonds is 2. The topological polar surface area (TPSA) is 52.6 Å². The van der Waals surface area contributed by atoms with Crippen molar-refractivity contribution in [2.75, 3.05) is 19.7 Å². The molecule has 96 valence electrons. The number of aliphatic hydroxyl groups is 1. The van der Waals surface area contributed by atoms with Gasteiger partial charge in [-0.25, -0.2) is 4.79 Å².